The fourth-order valence-corrected chi connectivity index (χ4v) is 1.75. The summed E-state index contributed by atoms with van der Waals surface area (Å²) in [6.07, 6.45) is 5.64. The molecule has 0 aromatic carbocycles. The zero-order valence-corrected chi connectivity index (χ0v) is 7.56. The summed E-state index contributed by atoms with van der Waals surface area (Å²) < 4.78 is 0. The lowest BCUT2D eigenvalue weighted by Gasteiger charge is -2.29. The van der Waals surface area contributed by atoms with Gasteiger partial charge in [0.25, 0.3) is 0 Å². The van der Waals surface area contributed by atoms with Crippen molar-refractivity contribution in [1.82, 2.24) is 4.90 Å². The predicted octanol–water partition coefficient (Wildman–Crippen LogP) is 2.56. The Balaban J connectivity index is 2.85. The Morgan fingerprint density at radius 2 is 2.36 bits per heavy atom. The zero-order valence-electron chi connectivity index (χ0n) is 7.56. The molecule has 0 aromatic rings. The molecule has 1 aliphatic rings. The summed E-state index contributed by atoms with van der Waals surface area (Å²) in [7, 11) is 2.17. The topological polar surface area (TPSA) is 3.24 Å². The molecule has 0 aromatic heterocycles. The van der Waals surface area contributed by atoms with Crippen LogP contribution in [0.1, 0.15) is 26.2 Å². The van der Waals surface area contributed by atoms with Crippen LogP contribution in [0.4, 0.5) is 0 Å². The lowest BCUT2D eigenvalue weighted by atomic mass is 10.0. The average molecular weight is 151 g/mol. The van der Waals surface area contributed by atoms with Gasteiger partial charge in [-0.05, 0) is 24.8 Å². The van der Waals surface area contributed by atoms with E-state index in [0.29, 0.717) is 0 Å². The molecule has 1 heterocycles. The molecule has 62 valence electrons. The number of rotatable bonds is 2. The van der Waals surface area contributed by atoms with E-state index in [1.165, 1.54) is 30.7 Å². The fraction of sp³-hybridized carbons (Fsp3) is 0.600. The number of hydrogen-bond donors (Lipinski definition) is 0. The highest BCUT2D eigenvalue weighted by Crippen LogP contribution is 2.23. The van der Waals surface area contributed by atoms with E-state index in [1.807, 2.05) is 6.08 Å². The first-order valence-electron chi connectivity index (χ1n) is 4.35. The molecule has 0 atom stereocenters. The van der Waals surface area contributed by atoms with Crippen LogP contribution in [0.2, 0.25) is 0 Å². The smallest absolute Gasteiger partial charge is 0.0175 e. The molecule has 0 unspecified atom stereocenters. The van der Waals surface area contributed by atoms with E-state index in [0.717, 1.165) is 6.42 Å². The van der Waals surface area contributed by atoms with Gasteiger partial charge in [0.1, 0.15) is 0 Å². The number of nitrogens with zero attached hydrogens (tertiary/aromatic N) is 1. The van der Waals surface area contributed by atoms with Crippen molar-refractivity contribution >= 4 is 0 Å². The van der Waals surface area contributed by atoms with Gasteiger partial charge in [0.05, 0.1) is 0 Å². The molecule has 1 nitrogen and oxygen atoms in total. The van der Waals surface area contributed by atoms with E-state index >= 15 is 0 Å². The molecule has 0 saturated heterocycles. The maximum Gasteiger partial charge on any atom is 0.0175 e. The van der Waals surface area contributed by atoms with Crippen molar-refractivity contribution in [2.45, 2.75) is 26.2 Å². The van der Waals surface area contributed by atoms with Gasteiger partial charge in [0, 0.05) is 19.3 Å². The van der Waals surface area contributed by atoms with Crippen LogP contribution < -0.4 is 0 Å². The van der Waals surface area contributed by atoms with Crippen LogP contribution in [0.25, 0.3) is 0 Å². The van der Waals surface area contributed by atoms with E-state index in [9.17, 15) is 0 Å². The number of hydrogen-bond acceptors (Lipinski definition) is 1. The number of allylic oxidation sites excluding steroid dienone is 3. The molecule has 0 bridgehead atoms. The highest BCUT2D eigenvalue weighted by molar-refractivity contribution is 5.25. The van der Waals surface area contributed by atoms with Crippen LogP contribution in [0, 0.1) is 0 Å². The molecule has 11 heavy (non-hydrogen) atoms. The van der Waals surface area contributed by atoms with Crippen molar-refractivity contribution < 1.29 is 0 Å². The Morgan fingerprint density at radius 1 is 1.64 bits per heavy atom. The lowest BCUT2D eigenvalue weighted by Crippen LogP contribution is -2.23. The lowest BCUT2D eigenvalue weighted by molar-refractivity contribution is 0.370. The molecule has 0 saturated carbocycles. The van der Waals surface area contributed by atoms with Crippen molar-refractivity contribution in [3.63, 3.8) is 0 Å². The largest absolute Gasteiger partial charge is 0.378 e. The Bertz CT molecular complexity index is 179. The average Bonchev–Trinajstić information content (AvgIpc) is 2.04. The third-order valence-electron chi connectivity index (χ3n) is 2.35. The minimum atomic E-state index is 1.14. The second-order valence-corrected chi connectivity index (χ2v) is 3.05. The SMILES string of the molecule is C=CC1=C(CC)N(C)CCC1. The van der Waals surface area contributed by atoms with Gasteiger partial charge in [-0.3, -0.25) is 0 Å². The van der Waals surface area contributed by atoms with Gasteiger partial charge in [-0.2, -0.15) is 0 Å². The van der Waals surface area contributed by atoms with Crippen molar-refractivity contribution in [2.24, 2.45) is 0 Å². The van der Waals surface area contributed by atoms with Crippen LogP contribution in [-0.2, 0) is 0 Å². The van der Waals surface area contributed by atoms with Crippen LogP contribution >= 0.6 is 0 Å². The molecule has 1 aliphatic heterocycles. The first-order valence-corrected chi connectivity index (χ1v) is 4.35. The Kier molecular flexibility index (Phi) is 2.75. The summed E-state index contributed by atoms with van der Waals surface area (Å²) >= 11 is 0. The monoisotopic (exact) mass is 151 g/mol. The van der Waals surface area contributed by atoms with Gasteiger partial charge in [-0.15, -0.1) is 0 Å². The Hall–Kier alpha value is -0.720. The summed E-state index contributed by atoms with van der Waals surface area (Å²) in [5.41, 5.74) is 2.92. The molecule has 1 heteroatoms. The van der Waals surface area contributed by atoms with E-state index in [-0.39, 0.29) is 0 Å². The molecule has 0 radical (unpaired) electrons. The normalized spacial score (nSPS) is 18.9. The third kappa shape index (κ3) is 1.65. The van der Waals surface area contributed by atoms with Crippen molar-refractivity contribution in [1.29, 1.82) is 0 Å². The summed E-state index contributed by atoms with van der Waals surface area (Å²) in [4.78, 5) is 2.35. The zero-order chi connectivity index (χ0) is 8.27. The van der Waals surface area contributed by atoms with Gasteiger partial charge in [0.15, 0.2) is 0 Å². The molecule has 0 amide bonds. The van der Waals surface area contributed by atoms with Gasteiger partial charge < -0.3 is 4.90 Å². The minimum absolute atomic E-state index is 1.14. The van der Waals surface area contributed by atoms with Crippen LogP contribution in [-0.4, -0.2) is 18.5 Å². The van der Waals surface area contributed by atoms with Gasteiger partial charge in [0.2, 0.25) is 0 Å². The van der Waals surface area contributed by atoms with E-state index in [4.69, 9.17) is 0 Å². The third-order valence-corrected chi connectivity index (χ3v) is 2.35. The molecule has 0 spiro atoms. The first-order chi connectivity index (χ1) is 5.29. The first kappa shape index (κ1) is 8.38. The van der Waals surface area contributed by atoms with Crippen LogP contribution in [0.5, 0.6) is 0 Å². The fourth-order valence-electron chi connectivity index (χ4n) is 1.75. The summed E-state index contributed by atoms with van der Waals surface area (Å²) in [5.74, 6) is 0. The quantitative estimate of drug-likeness (QED) is 0.586. The van der Waals surface area contributed by atoms with Gasteiger partial charge in [-0.1, -0.05) is 19.6 Å². The van der Waals surface area contributed by atoms with Gasteiger partial charge >= 0.3 is 0 Å². The van der Waals surface area contributed by atoms with Gasteiger partial charge in [-0.25, -0.2) is 0 Å². The van der Waals surface area contributed by atoms with Crippen molar-refractivity contribution in [3.05, 3.63) is 23.9 Å². The van der Waals surface area contributed by atoms with Crippen molar-refractivity contribution in [2.75, 3.05) is 13.6 Å². The summed E-state index contributed by atoms with van der Waals surface area (Å²) in [6.45, 7) is 7.25. The van der Waals surface area contributed by atoms with Crippen LogP contribution in [0.3, 0.4) is 0 Å². The maximum absolute atomic E-state index is 3.83. The second-order valence-electron chi connectivity index (χ2n) is 3.05. The van der Waals surface area contributed by atoms with E-state index in [1.54, 1.807) is 0 Å². The Labute approximate surface area is 69.4 Å². The maximum atomic E-state index is 3.83. The molecule has 0 fully saturated rings. The van der Waals surface area contributed by atoms with E-state index in [2.05, 4.69) is 25.5 Å². The second kappa shape index (κ2) is 3.61. The summed E-state index contributed by atoms with van der Waals surface area (Å²) in [5, 5.41) is 0. The van der Waals surface area contributed by atoms with Crippen LogP contribution in [0.15, 0.2) is 23.9 Å². The molecule has 0 N–H and O–H groups in total. The van der Waals surface area contributed by atoms with E-state index < -0.39 is 0 Å². The molecule has 0 aliphatic carbocycles. The summed E-state index contributed by atoms with van der Waals surface area (Å²) in [6, 6.07) is 0. The molecule has 1 rings (SSSR count). The standard InChI is InChI=1S/C10H17N/c1-4-9-7-6-8-11(3)10(9)5-2/h4H,1,5-8H2,2-3H3. The highest BCUT2D eigenvalue weighted by Gasteiger charge is 2.12. The molecular weight excluding hydrogens is 134 g/mol. The Morgan fingerprint density at radius 3 is 2.82 bits per heavy atom. The molecular formula is C10H17N. The van der Waals surface area contributed by atoms with Crippen molar-refractivity contribution in [3.8, 4) is 0 Å². The highest BCUT2D eigenvalue weighted by atomic mass is 15.1. The predicted molar refractivity (Wildman–Crippen MR) is 49.4 cm³/mol. The minimum Gasteiger partial charge on any atom is -0.378 e.